The van der Waals surface area contributed by atoms with Crippen LogP contribution >= 0.6 is 11.8 Å². The van der Waals surface area contributed by atoms with E-state index < -0.39 is 0 Å². The molecule has 0 heterocycles. The third kappa shape index (κ3) is 6.53. The zero-order chi connectivity index (χ0) is 16.6. The molecule has 0 aliphatic rings. The topological polar surface area (TPSA) is 0 Å². The highest BCUT2D eigenvalue weighted by atomic mass is 32.2. The van der Waals surface area contributed by atoms with Gasteiger partial charge in [0.1, 0.15) is 0 Å². The normalized spacial score (nSPS) is 14.3. The van der Waals surface area contributed by atoms with Gasteiger partial charge in [-0.1, -0.05) is 75.0 Å². The summed E-state index contributed by atoms with van der Waals surface area (Å²) in [6, 6.07) is 8.90. The third-order valence-corrected chi connectivity index (χ3v) is 4.24. The standard InChI is InChI=1S/C21H28S/c1-7-9-10-11-18(8-2)16-17(3)22-20-14-12-19(13-15-20)21(4,5)6/h7-16H,1-6H3/b9-7-,11-10-,17-16-,18-8+. The summed E-state index contributed by atoms with van der Waals surface area (Å²) < 4.78 is 0. The fraction of sp³-hybridized carbons (Fsp3) is 0.333. The number of rotatable bonds is 5. The van der Waals surface area contributed by atoms with Crippen molar-refractivity contribution in [1.82, 2.24) is 0 Å². The minimum atomic E-state index is 0.212. The quantitative estimate of drug-likeness (QED) is 0.414. The molecule has 0 aliphatic heterocycles. The Bertz CT molecular complexity index is 575. The number of benzene rings is 1. The highest BCUT2D eigenvalue weighted by Gasteiger charge is 2.12. The van der Waals surface area contributed by atoms with Crippen LogP contribution in [0.25, 0.3) is 0 Å². The lowest BCUT2D eigenvalue weighted by molar-refractivity contribution is 0.590. The highest BCUT2D eigenvalue weighted by molar-refractivity contribution is 8.03. The van der Waals surface area contributed by atoms with Crippen molar-refractivity contribution in [3.63, 3.8) is 0 Å². The molecule has 0 atom stereocenters. The number of hydrogen-bond acceptors (Lipinski definition) is 1. The Morgan fingerprint density at radius 2 is 1.64 bits per heavy atom. The summed E-state index contributed by atoms with van der Waals surface area (Å²) in [4.78, 5) is 2.58. The zero-order valence-corrected chi connectivity index (χ0v) is 15.5. The average molecular weight is 313 g/mol. The van der Waals surface area contributed by atoms with Crippen molar-refractivity contribution in [2.24, 2.45) is 0 Å². The predicted molar refractivity (Wildman–Crippen MR) is 102 cm³/mol. The first-order chi connectivity index (χ1) is 10.4. The van der Waals surface area contributed by atoms with Gasteiger partial charge in [0, 0.05) is 4.90 Å². The van der Waals surface area contributed by atoms with Crippen LogP contribution in [-0.4, -0.2) is 0 Å². The van der Waals surface area contributed by atoms with E-state index in [9.17, 15) is 0 Å². The van der Waals surface area contributed by atoms with Gasteiger partial charge in [-0.15, -0.1) is 0 Å². The van der Waals surface area contributed by atoms with Crippen LogP contribution in [0.15, 0.2) is 76.1 Å². The summed E-state index contributed by atoms with van der Waals surface area (Å²) >= 11 is 1.81. The molecule has 0 saturated heterocycles. The summed E-state index contributed by atoms with van der Waals surface area (Å²) in [5.74, 6) is 0. The van der Waals surface area contributed by atoms with Crippen LogP contribution in [-0.2, 0) is 5.41 Å². The Labute approximate surface area is 140 Å². The second-order valence-electron chi connectivity index (χ2n) is 6.31. The summed E-state index contributed by atoms with van der Waals surface area (Å²) in [7, 11) is 0. The van der Waals surface area contributed by atoms with Crippen molar-refractivity contribution < 1.29 is 0 Å². The highest BCUT2D eigenvalue weighted by Crippen LogP contribution is 2.30. The summed E-state index contributed by atoms with van der Waals surface area (Å²) in [5.41, 5.74) is 2.82. The first kappa shape index (κ1) is 18.6. The minimum absolute atomic E-state index is 0.212. The van der Waals surface area contributed by atoms with Crippen molar-refractivity contribution in [2.75, 3.05) is 0 Å². The molecule has 0 bridgehead atoms. The van der Waals surface area contributed by atoms with E-state index in [0.29, 0.717) is 0 Å². The summed E-state index contributed by atoms with van der Waals surface area (Å²) in [5, 5.41) is 0. The Balaban J connectivity index is 2.79. The number of allylic oxidation sites excluding steroid dienone is 8. The maximum absolute atomic E-state index is 2.25. The monoisotopic (exact) mass is 312 g/mol. The van der Waals surface area contributed by atoms with Gasteiger partial charge >= 0.3 is 0 Å². The zero-order valence-electron chi connectivity index (χ0n) is 14.7. The average Bonchev–Trinajstić information content (AvgIpc) is 2.46. The SMILES string of the molecule is C\C=C/C=C\C(\C=C(\C)Sc1ccc(C(C)(C)C)cc1)=C/C. The second-order valence-corrected chi connectivity index (χ2v) is 7.62. The molecule has 0 radical (unpaired) electrons. The Morgan fingerprint density at radius 3 is 2.14 bits per heavy atom. The van der Waals surface area contributed by atoms with E-state index in [0.717, 1.165) is 0 Å². The second kappa shape index (κ2) is 8.85. The van der Waals surface area contributed by atoms with Crippen molar-refractivity contribution in [2.45, 2.75) is 51.9 Å². The van der Waals surface area contributed by atoms with Gasteiger partial charge in [-0.2, -0.15) is 0 Å². The molecule has 0 N–H and O–H groups in total. The van der Waals surface area contributed by atoms with Gasteiger partial charge in [0.05, 0.1) is 0 Å². The van der Waals surface area contributed by atoms with Gasteiger partial charge in [0.25, 0.3) is 0 Å². The molecule has 22 heavy (non-hydrogen) atoms. The first-order valence-electron chi connectivity index (χ1n) is 7.79. The molecule has 1 heteroatoms. The molecule has 0 unspecified atom stereocenters. The fourth-order valence-electron chi connectivity index (χ4n) is 1.98. The molecule has 0 fully saturated rings. The van der Waals surface area contributed by atoms with E-state index >= 15 is 0 Å². The van der Waals surface area contributed by atoms with E-state index in [4.69, 9.17) is 0 Å². The molecule has 1 aromatic carbocycles. The van der Waals surface area contributed by atoms with Gasteiger partial charge in [0.15, 0.2) is 0 Å². The maximum atomic E-state index is 2.25. The smallest absolute Gasteiger partial charge is 0.0119 e. The van der Waals surface area contributed by atoms with Gasteiger partial charge < -0.3 is 0 Å². The van der Waals surface area contributed by atoms with Crippen LogP contribution in [0.4, 0.5) is 0 Å². The Kier molecular flexibility index (Phi) is 7.47. The third-order valence-electron chi connectivity index (χ3n) is 3.29. The van der Waals surface area contributed by atoms with Crippen LogP contribution in [0.3, 0.4) is 0 Å². The Morgan fingerprint density at radius 1 is 1.00 bits per heavy atom. The molecule has 1 aromatic rings. The molecule has 1 rings (SSSR count). The number of thioether (sulfide) groups is 1. The molecule has 0 nitrogen and oxygen atoms in total. The fourth-order valence-corrected chi connectivity index (χ4v) is 2.82. The van der Waals surface area contributed by atoms with E-state index in [1.807, 2.05) is 30.8 Å². The van der Waals surface area contributed by atoms with Crippen LogP contribution < -0.4 is 0 Å². The molecule has 118 valence electrons. The summed E-state index contributed by atoms with van der Waals surface area (Å²) in [6.45, 7) is 13.0. The van der Waals surface area contributed by atoms with Gasteiger partial charge in [-0.3, -0.25) is 0 Å². The van der Waals surface area contributed by atoms with Gasteiger partial charge in [0.2, 0.25) is 0 Å². The van der Waals surface area contributed by atoms with Crippen LogP contribution in [0.2, 0.25) is 0 Å². The van der Waals surface area contributed by atoms with Crippen molar-refractivity contribution >= 4 is 11.8 Å². The van der Waals surface area contributed by atoms with Crippen LogP contribution in [0.1, 0.15) is 47.1 Å². The molecule has 0 aliphatic carbocycles. The van der Waals surface area contributed by atoms with E-state index in [1.54, 1.807) is 0 Å². The van der Waals surface area contributed by atoms with Crippen LogP contribution in [0.5, 0.6) is 0 Å². The molecule has 0 saturated carbocycles. The minimum Gasteiger partial charge on any atom is -0.0948 e. The predicted octanol–water partition coefficient (Wildman–Crippen LogP) is 7.06. The molecule has 0 amide bonds. The van der Waals surface area contributed by atoms with E-state index in [-0.39, 0.29) is 5.41 Å². The van der Waals surface area contributed by atoms with Crippen molar-refractivity contribution in [3.8, 4) is 0 Å². The lowest BCUT2D eigenvalue weighted by atomic mass is 9.87. The summed E-state index contributed by atoms with van der Waals surface area (Å²) in [6.07, 6.45) is 12.6. The Hall–Kier alpha value is -1.47. The maximum Gasteiger partial charge on any atom is 0.0119 e. The largest absolute Gasteiger partial charge is 0.0948 e. The van der Waals surface area contributed by atoms with E-state index in [1.165, 1.54) is 20.9 Å². The molecule has 0 spiro atoms. The molecular formula is C21H28S. The lowest BCUT2D eigenvalue weighted by Crippen LogP contribution is -2.10. The van der Waals surface area contributed by atoms with Crippen molar-refractivity contribution in [1.29, 1.82) is 0 Å². The van der Waals surface area contributed by atoms with Crippen LogP contribution in [0, 0.1) is 0 Å². The van der Waals surface area contributed by atoms with E-state index in [2.05, 4.69) is 83.2 Å². The number of hydrogen-bond donors (Lipinski definition) is 0. The van der Waals surface area contributed by atoms with Crippen molar-refractivity contribution in [3.05, 3.63) is 76.8 Å². The van der Waals surface area contributed by atoms with Gasteiger partial charge in [-0.05, 0) is 60.4 Å². The molecular weight excluding hydrogens is 284 g/mol. The first-order valence-corrected chi connectivity index (χ1v) is 8.61. The lowest BCUT2D eigenvalue weighted by Gasteiger charge is -2.19. The van der Waals surface area contributed by atoms with Gasteiger partial charge in [-0.25, -0.2) is 0 Å². The molecule has 0 aromatic heterocycles.